The number of morpholine rings is 1. The van der Waals surface area contributed by atoms with E-state index in [0.717, 1.165) is 57.8 Å². The molecule has 0 spiro atoms. The lowest BCUT2D eigenvalue weighted by Crippen LogP contribution is -2.37. The molecular formula is C28H34ClN5O2. The molecule has 0 amide bonds. The number of Topliss-reactive ketones (excluding diaryl/α,β-unsaturated/α-hetero) is 1. The highest BCUT2D eigenvalue weighted by molar-refractivity contribution is 6.32. The SMILES string of the molecule is CNCCCC(=O)c1ccccc1Nc1nc(Cc2cccc(CCN3CCOCC3)c2)ncc1Cl. The molecular weight excluding hydrogens is 474 g/mol. The second kappa shape index (κ2) is 13.5. The number of ketones is 1. The summed E-state index contributed by atoms with van der Waals surface area (Å²) in [6, 6.07) is 16.1. The molecule has 190 valence electrons. The summed E-state index contributed by atoms with van der Waals surface area (Å²) in [7, 11) is 1.89. The standard InChI is InChI=1S/C28H34ClN5O2/c1-30-12-5-10-26(35)23-8-2-3-9-25(23)32-28-24(29)20-31-27(33-28)19-22-7-4-6-21(18-22)11-13-34-14-16-36-17-15-34/h2-4,6-9,18,20,30H,5,10-17,19H2,1H3,(H,31,32,33). The van der Waals surface area contributed by atoms with Crippen molar-refractivity contribution in [1.82, 2.24) is 20.2 Å². The van der Waals surface area contributed by atoms with E-state index in [4.69, 9.17) is 21.3 Å². The molecule has 0 bridgehead atoms. The first kappa shape index (κ1) is 26.2. The largest absolute Gasteiger partial charge is 0.379 e. The van der Waals surface area contributed by atoms with Gasteiger partial charge in [-0.2, -0.15) is 0 Å². The lowest BCUT2D eigenvalue weighted by atomic mass is 10.0. The molecule has 0 saturated carbocycles. The topological polar surface area (TPSA) is 79.4 Å². The highest BCUT2D eigenvalue weighted by atomic mass is 35.5. The van der Waals surface area contributed by atoms with Crippen LogP contribution in [0.15, 0.2) is 54.7 Å². The summed E-state index contributed by atoms with van der Waals surface area (Å²) in [5.74, 6) is 1.26. The van der Waals surface area contributed by atoms with Crippen molar-refractivity contribution in [1.29, 1.82) is 0 Å². The number of halogens is 1. The number of rotatable bonds is 12. The van der Waals surface area contributed by atoms with Crippen LogP contribution in [0.4, 0.5) is 11.5 Å². The number of hydrogen-bond donors (Lipinski definition) is 2. The number of nitrogens with one attached hydrogen (secondary N) is 2. The highest BCUT2D eigenvalue weighted by Crippen LogP contribution is 2.26. The smallest absolute Gasteiger partial charge is 0.165 e. The van der Waals surface area contributed by atoms with E-state index < -0.39 is 0 Å². The number of ether oxygens (including phenoxy) is 1. The normalized spacial score (nSPS) is 14.1. The van der Waals surface area contributed by atoms with Crippen LogP contribution in [-0.4, -0.2) is 67.1 Å². The molecule has 3 aromatic rings. The van der Waals surface area contributed by atoms with E-state index >= 15 is 0 Å². The van der Waals surface area contributed by atoms with Crippen LogP contribution in [0.2, 0.25) is 5.02 Å². The minimum absolute atomic E-state index is 0.0904. The molecule has 4 rings (SSSR count). The number of carbonyl (C=O) groups is 1. The Balaban J connectivity index is 1.43. The minimum Gasteiger partial charge on any atom is -0.379 e. The number of anilines is 2. The van der Waals surface area contributed by atoms with Crippen molar-refractivity contribution in [2.45, 2.75) is 25.7 Å². The monoisotopic (exact) mass is 507 g/mol. The first-order chi connectivity index (χ1) is 17.6. The molecule has 1 fully saturated rings. The Bertz CT molecular complexity index is 1150. The quantitative estimate of drug-likeness (QED) is 0.275. The van der Waals surface area contributed by atoms with Gasteiger partial charge in [-0.25, -0.2) is 9.97 Å². The highest BCUT2D eigenvalue weighted by Gasteiger charge is 2.14. The minimum atomic E-state index is 0.0904. The molecule has 1 aromatic heterocycles. The van der Waals surface area contributed by atoms with Crippen LogP contribution in [0.1, 0.15) is 40.2 Å². The predicted octanol–water partition coefficient (Wildman–Crippen LogP) is 4.52. The number of para-hydroxylation sites is 1. The molecule has 0 radical (unpaired) electrons. The van der Waals surface area contributed by atoms with Gasteiger partial charge in [-0.3, -0.25) is 9.69 Å². The Hall–Kier alpha value is -2.84. The van der Waals surface area contributed by atoms with Crippen LogP contribution >= 0.6 is 11.6 Å². The van der Waals surface area contributed by atoms with Crippen LogP contribution in [0, 0.1) is 0 Å². The Morgan fingerprint density at radius 3 is 2.75 bits per heavy atom. The van der Waals surface area contributed by atoms with Gasteiger partial charge in [-0.15, -0.1) is 0 Å². The van der Waals surface area contributed by atoms with Gasteiger partial charge in [0.15, 0.2) is 11.6 Å². The van der Waals surface area contributed by atoms with Gasteiger partial charge in [-0.1, -0.05) is 48.0 Å². The van der Waals surface area contributed by atoms with E-state index in [1.807, 2.05) is 31.3 Å². The zero-order valence-corrected chi connectivity index (χ0v) is 21.6. The van der Waals surface area contributed by atoms with Crippen LogP contribution in [0.5, 0.6) is 0 Å². The van der Waals surface area contributed by atoms with Crippen molar-refractivity contribution in [3.8, 4) is 0 Å². The van der Waals surface area contributed by atoms with Crippen molar-refractivity contribution in [2.75, 3.05) is 51.8 Å². The molecule has 0 aliphatic carbocycles. The van der Waals surface area contributed by atoms with Crippen molar-refractivity contribution in [2.24, 2.45) is 0 Å². The summed E-state index contributed by atoms with van der Waals surface area (Å²) < 4.78 is 5.44. The fraction of sp³-hybridized carbons (Fsp3) is 0.393. The van der Waals surface area contributed by atoms with Gasteiger partial charge in [0.1, 0.15) is 10.8 Å². The first-order valence-corrected chi connectivity index (χ1v) is 12.9. The van der Waals surface area contributed by atoms with Gasteiger partial charge >= 0.3 is 0 Å². The number of aromatic nitrogens is 2. The molecule has 2 heterocycles. The van der Waals surface area contributed by atoms with Gasteiger partial charge in [0.05, 0.1) is 25.1 Å². The Morgan fingerprint density at radius 1 is 1.11 bits per heavy atom. The summed E-state index contributed by atoms with van der Waals surface area (Å²) in [6.45, 7) is 5.47. The summed E-state index contributed by atoms with van der Waals surface area (Å²) in [6.07, 6.45) is 4.48. The van der Waals surface area contributed by atoms with Crippen LogP contribution in [0.3, 0.4) is 0 Å². The Kier molecular flexibility index (Phi) is 9.81. The van der Waals surface area contributed by atoms with Crippen LogP contribution < -0.4 is 10.6 Å². The van der Waals surface area contributed by atoms with Gasteiger partial charge in [0.25, 0.3) is 0 Å². The van der Waals surface area contributed by atoms with Gasteiger partial charge in [-0.05, 0) is 49.7 Å². The maximum atomic E-state index is 12.8. The molecule has 0 atom stereocenters. The summed E-state index contributed by atoms with van der Waals surface area (Å²) in [5.41, 5.74) is 3.79. The molecule has 36 heavy (non-hydrogen) atoms. The number of benzene rings is 2. The van der Waals surface area contributed by atoms with E-state index in [-0.39, 0.29) is 5.78 Å². The fourth-order valence-corrected chi connectivity index (χ4v) is 4.43. The van der Waals surface area contributed by atoms with Gasteiger partial charge < -0.3 is 15.4 Å². The molecule has 2 aromatic carbocycles. The summed E-state index contributed by atoms with van der Waals surface area (Å²) >= 11 is 6.43. The number of nitrogens with zero attached hydrogens (tertiary/aromatic N) is 3. The lowest BCUT2D eigenvalue weighted by molar-refractivity contribution is 0.0384. The van der Waals surface area contributed by atoms with E-state index in [1.54, 1.807) is 6.20 Å². The number of carbonyl (C=O) groups excluding carboxylic acids is 1. The lowest BCUT2D eigenvalue weighted by Gasteiger charge is -2.26. The Labute approximate surface area is 218 Å². The zero-order chi connectivity index (χ0) is 25.2. The van der Waals surface area contributed by atoms with Gasteiger partial charge in [0.2, 0.25) is 0 Å². The van der Waals surface area contributed by atoms with E-state index in [2.05, 4.69) is 44.8 Å². The maximum absolute atomic E-state index is 12.8. The average Bonchev–Trinajstić information content (AvgIpc) is 2.91. The van der Waals surface area contributed by atoms with Crippen molar-refractivity contribution >= 4 is 28.9 Å². The van der Waals surface area contributed by atoms with Crippen LogP contribution in [-0.2, 0) is 17.6 Å². The zero-order valence-electron chi connectivity index (χ0n) is 20.8. The van der Waals surface area contributed by atoms with E-state index in [9.17, 15) is 4.79 Å². The van der Waals surface area contributed by atoms with Crippen LogP contribution in [0.25, 0.3) is 0 Å². The summed E-state index contributed by atoms with van der Waals surface area (Å²) in [4.78, 5) is 24.4. The molecule has 2 N–H and O–H groups in total. The number of hydrogen-bond acceptors (Lipinski definition) is 7. The predicted molar refractivity (Wildman–Crippen MR) is 144 cm³/mol. The van der Waals surface area contributed by atoms with E-state index in [1.165, 1.54) is 5.56 Å². The molecule has 1 aliphatic heterocycles. The third-order valence-electron chi connectivity index (χ3n) is 6.28. The second-order valence-corrected chi connectivity index (χ2v) is 9.39. The first-order valence-electron chi connectivity index (χ1n) is 12.6. The third kappa shape index (κ3) is 7.58. The van der Waals surface area contributed by atoms with Crippen molar-refractivity contribution in [3.63, 3.8) is 0 Å². The molecule has 1 aliphatic rings. The second-order valence-electron chi connectivity index (χ2n) is 8.98. The molecule has 0 unspecified atom stereocenters. The fourth-order valence-electron chi connectivity index (χ4n) is 4.29. The molecule has 8 heteroatoms. The maximum Gasteiger partial charge on any atom is 0.165 e. The average molecular weight is 508 g/mol. The molecule has 1 saturated heterocycles. The molecule has 7 nitrogen and oxygen atoms in total. The van der Waals surface area contributed by atoms with Crippen molar-refractivity contribution < 1.29 is 9.53 Å². The van der Waals surface area contributed by atoms with Gasteiger partial charge in [0, 0.05) is 38.0 Å². The Morgan fingerprint density at radius 2 is 1.92 bits per heavy atom. The third-order valence-corrected chi connectivity index (χ3v) is 6.56. The van der Waals surface area contributed by atoms with Crippen molar-refractivity contribution in [3.05, 3.63) is 82.3 Å². The van der Waals surface area contributed by atoms with E-state index in [0.29, 0.717) is 40.8 Å². The summed E-state index contributed by atoms with van der Waals surface area (Å²) in [5, 5.41) is 6.76.